The number of pyridine rings is 1. The molecule has 1 saturated carbocycles. The largest absolute Gasteiger partial charge is 0.480 e. The molecule has 3 N–H and O–H groups in total. The van der Waals surface area contributed by atoms with Gasteiger partial charge in [0.15, 0.2) is 0 Å². The molecule has 102 valence electrons. The summed E-state index contributed by atoms with van der Waals surface area (Å²) in [5.74, 6) is -1.11. The van der Waals surface area contributed by atoms with E-state index in [0.29, 0.717) is 25.1 Å². The average molecular weight is 263 g/mol. The Kier molecular flexibility index (Phi) is 3.69. The summed E-state index contributed by atoms with van der Waals surface area (Å²) in [7, 11) is 0. The minimum Gasteiger partial charge on any atom is -0.480 e. The fourth-order valence-electron chi connectivity index (χ4n) is 2.08. The first-order chi connectivity index (χ1) is 9.07. The van der Waals surface area contributed by atoms with Crippen LogP contribution >= 0.6 is 0 Å². The second-order valence-electron chi connectivity index (χ2n) is 4.66. The van der Waals surface area contributed by atoms with E-state index in [-0.39, 0.29) is 11.6 Å². The Hall–Kier alpha value is -2.11. The maximum absolute atomic E-state index is 11.7. The maximum Gasteiger partial charge on any atom is 0.329 e. The Morgan fingerprint density at radius 2 is 2.21 bits per heavy atom. The molecule has 1 amide bonds. The van der Waals surface area contributed by atoms with Crippen LogP contribution in [-0.4, -0.2) is 34.1 Å². The van der Waals surface area contributed by atoms with Crippen molar-refractivity contribution in [2.75, 3.05) is 11.9 Å². The van der Waals surface area contributed by atoms with E-state index in [1.165, 1.54) is 6.20 Å². The summed E-state index contributed by atoms with van der Waals surface area (Å²) in [5.41, 5.74) is 0.00455. The molecule has 6 nitrogen and oxygen atoms in total. The minimum absolute atomic E-state index is 0.260. The van der Waals surface area contributed by atoms with Crippen LogP contribution in [0.2, 0.25) is 0 Å². The van der Waals surface area contributed by atoms with Crippen molar-refractivity contribution in [1.29, 1.82) is 0 Å². The first kappa shape index (κ1) is 13.3. The molecular weight excluding hydrogens is 246 g/mol. The van der Waals surface area contributed by atoms with E-state index in [0.717, 1.165) is 6.42 Å². The number of nitrogens with zero attached hydrogens (tertiary/aromatic N) is 1. The van der Waals surface area contributed by atoms with Crippen LogP contribution in [0.15, 0.2) is 18.3 Å². The molecule has 1 aliphatic rings. The van der Waals surface area contributed by atoms with Gasteiger partial charge in [-0.15, -0.1) is 0 Å². The van der Waals surface area contributed by atoms with Gasteiger partial charge in [-0.3, -0.25) is 9.78 Å². The Morgan fingerprint density at radius 3 is 2.74 bits per heavy atom. The molecule has 1 heterocycles. The lowest BCUT2D eigenvalue weighted by Gasteiger charge is -2.39. The molecule has 1 aliphatic carbocycles. The van der Waals surface area contributed by atoms with Crippen LogP contribution < -0.4 is 10.6 Å². The number of hydrogen-bond acceptors (Lipinski definition) is 4. The van der Waals surface area contributed by atoms with Crippen LogP contribution in [0.25, 0.3) is 0 Å². The average Bonchev–Trinajstić information content (AvgIpc) is 2.34. The van der Waals surface area contributed by atoms with E-state index < -0.39 is 11.5 Å². The lowest BCUT2D eigenvalue weighted by Crippen LogP contribution is -2.52. The number of carboxylic acid groups (broad SMARTS) is 1. The molecule has 1 aromatic rings. The molecule has 0 atom stereocenters. The van der Waals surface area contributed by atoms with Crippen LogP contribution in [-0.2, 0) is 4.79 Å². The molecule has 1 aromatic heterocycles. The van der Waals surface area contributed by atoms with Crippen LogP contribution in [0.5, 0.6) is 0 Å². The predicted molar refractivity (Wildman–Crippen MR) is 70.1 cm³/mol. The Bertz CT molecular complexity index is 498. The number of carboxylic acids is 1. The number of amides is 1. The number of nitrogens with one attached hydrogen (secondary N) is 2. The molecule has 1 fully saturated rings. The molecular formula is C13H17N3O3. The van der Waals surface area contributed by atoms with E-state index >= 15 is 0 Å². The van der Waals surface area contributed by atoms with Gasteiger partial charge in [0.25, 0.3) is 5.91 Å². The highest BCUT2D eigenvalue weighted by Crippen LogP contribution is 2.35. The lowest BCUT2D eigenvalue weighted by atomic mass is 9.76. The molecule has 0 radical (unpaired) electrons. The number of carbonyl (C=O) groups excluding carboxylic acids is 1. The molecule has 0 bridgehead atoms. The van der Waals surface area contributed by atoms with Crippen molar-refractivity contribution in [3.8, 4) is 0 Å². The lowest BCUT2D eigenvalue weighted by molar-refractivity contribution is -0.145. The van der Waals surface area contributed by atoms with E-state index in [1.54, 1.807) is 12.1 Å². The highest BCUT2D eigenvalue weighted by Gasteiger charge is 2.44. The minimum atomic E-state index is -0.889. The summed E-state index contributed by atoms with van der Waals surface area (Å²) >= 11 is 0. The summed E-state index contributed by atoms with van der Waals surface area (Å²) in [4.78, 5) is 26.9. The SMILES string of the molecule is CCNC(=O)c1cc(NC2(C(=O)O)CCC2)ccn1. The van der Waals surface area contributed by atoms with Gasteiger partial charge in [-0.1, -0.05) is 0 Å². The van der Waals surface area contributed by atoms with Crippen LogP contribution in [0, 0.1) is 0 Å². The number of rotatable bonds is 5. The number of anilines is 1. The molecule has 0 spiro atoms. The van der Waals surface area contributed by atoms with Crippen molar-refractivity contribution in [3.63, 3.8) is 0 Å². The van der Waals surface area contributed by atoms with Gasteiger partial charge in [0.1, 0.15) is 11.2 Å². The summed E-state index contributed by atoms with van der Waals surface area (Å²) in [5, 5.41) is 14.9. The van der Waals surface area contributed by atoms with Crippen molar-refractivity contribution in [2.24, 2.45) is 0 Å². The zero-order valence-electron chi connectivity index (χ0n) is 10.8. The van der Waals surface area contributed by atoms with E-state index in [4.69, 9.17) is 0 Å². The smallest absolute Gasteiger partial charge is 0.329 e. The summed E-state index contributed by atoms with van der Waals surface area (Å²) in [6.45, 7) is 2.35. The first-order valence-corrected chi connectivity index (χ1v) is 6.33. The molecule has 0 unspecified atom stereocenters. The number of hydrogen-bond donors (Lipinski definition) is 3. The summed E-state index contributed by atoms with van der Waals surface area (Å²) < 4.78 is 0. The van der Waals surface area contributed by atoms with Crippen molar-refractivity contribution in [2.45, 2.75) is 31.7 Å². The molecule has 0 aromatic carbocycles. The first-order valence-electron chi connectivity index (χ1n) is 6.33. The van der Waals surface area contributed by atoms with Crippen molar-refractivity contribution in [3.05, 3.63) is 24.0 Å². The summed E-state index contributed by atoms with van der Waals surface area (Å²) in [6.07, 6.45) is 3.59. The third-order valence-electron chi connectivity index (χ3n) is 3.33. The maximum atomic E-state index is 11.7. The van der Waals surface area contributed by atoms with Crippen LogP contribution in [0.3, 0.4) is 0 Å². The van der Waals surface area contributed by atoms with Gasteiger partial charge in [0, 0.05) is 18.4 Å². The number of aromatic nitrogens is 1. The number of carbonyl (C=O) groups is 2. The molecule has 19 heavy (non-hydrogen) atoms. The van der Waals surface area contributed by atoms with E-state index in [9.17, 15) is 14.7 Å². The molecule has 2 rings (SSSR count). The van der Waals surface area contributed by atoms with Gasteiger partial charge in [-0.25, -0.2) is 4.79 Å². The highest BCUT2D eigenvalue weighted by atomic mass is 16.4. The second kappa shape index (κ2) is 5.26. The van der Waals surface area contributed by atoms with E-state index in [2.05, 4.69) is 15.6 Å². The zero-order chi connectivity index (χ0) is 13.9. The zero-order valence-corrected chi connectivity index (χ0v) is 10.8. The third kappa shape index (κ3) is 2.67. The molecule has 6 heteroatoms. The molecule has 0 saturated heterocycles. The van der Waals surface area contributed by atoms with Crippen molar-refractivity contribution >= 4 is 17.6 Å². The monoisotopic (exact) mass is 263 g/mol. The van der Waals surface area contributed by atoms with Crippen LogP contribution in [0.4, 0.5) is 5.69 Å². The Morgan fingerprint density at radius 1 is 1.47 bits per heavy atom. The Labute approximate surface area is 111 Å². The number of aliphatic carboxylic acids is 1. The Balaban J connectivity index is 2.15. The third-order valence-corrected chi connectivity index (χ3v) is 3.33. The van der Waals surface area contributed by atoms with Gasteiger partial charge in [-0.2, -0.15) is 0 Å². The summed E-state index contributed by atoms with van der Waals surface area (Å²) in [6, 6.07) is 3.25. The van der Waals surface area contributed by atoms with E-state index in [1.807, 2.05) is 6.92 Å². The fourth-order valence-corrected chi connectivity index (χ4v) is 2.08. The highest BCUT2D eigenvalue weighted by molar-refractivity contribution is 5.93. The topological polar surface area (TPSA) is 91.3 Å². The van der Waals surface area contributed by atoms with Gasteiger partial charge < -0.3 is 15.7 Å². The van der Waals surface area contributed by atoms with Crippen molar-refractivity contribution < 1.29 is 14.7 Å². The van der Waals surface area contributed by atoms with Gasteiger partial charge in [0.05, 0.1) is 0 Å². The molecule has 0 aliphatic heterocycles. The van der Waals surface area contributed by atoms with Gasteiger partial charge >= 0.3 is 5.97 Å². The fraction of sp³-hybridized carbons (Fsp3) is 0.462. The second-order valence-corrected chi connectivity index (χ2v) is 4.66. The standard InChI is InChI=1S/C13H17N3O3/c1-2-14-11(17)10-8-9(4-7-15-10)16-13(12(18)19)5-3-6-13/h4,7-8H,2-3,5-6H2,1H3,(H,14,17)(H,15,16)(H,18,19). The van der Waals surface area contributed by atoms with Crippen molar-refractivity contribution in [1.82, 2.24) is 10.3 Å². The van der Waals surface area contributed by atoms with Crippen LogP contribution in [0.1, 0.15) is 36.7 Å². The predicted octanol–water partition coefficient (Wildman–Crippen LogP) is 1.25. The quantitative estimate of drug-likeness (QED) is 0.743. The van der Waals surface area contributed by atoms with Gasteiger partial charge in [0.2, 0.25) is 0 Å². The van der Waals surface area contributed by atoms with Gasteiger partial charge in [-0.05, 0) is 38.3 Å². The normalized spacial score (nSPS) is 16.3.